The number of hydrogen-bond donors (Lipinski definition) is 0. The molecule has 0 amide bonds. The number of methoxy groups -OCH3 is 1. The number of nitrogens with zero attached hydrogens (tertiary/aromatic N) is 5. The number of anilines is 1. The molecule has 8 nitrogen and oxygen atoms in total. The summed E-state index contributed by atoms with van der Waals surface area (Å²) < 4.78 is 17.0. The van der Waals surface area contributed by atoms with E-state index >= 15 is 0 Å². The third-order valence-electron chi connectivity index (χ3n) is 5.88. The van der Waals surface area contributed by atoms with Crippen molar-refractivity contribution in [3.8, 4) is 16.9 Å². The number of pyridine rings is 1. The van der Waals surface area contributed by atoms with Crippen LogP contribution in [0.5, 0.6) is 5.75 Å². The number of benzene rings is 1. The minimum atomic E-state index is -0.0225. The zero-order valence-corrected chi connectivity index (χ0v) is 19.8. The van der Waals surface area contributed by atoms with E-state index in [4.69, 9.17) is 9.47 Å². The molecule has 0 radical (unpaired) electrons. The van der Waals surface area contributed by atoms with Crippen molar-refractivity contribution in [2.45, 2.75) is 32.9 Å². The summed E-state index contributed by atoms with van der Waals surface area (Å²) in [6, 6.07) is 10.0. The number of hydrogen-bond acceptors (Lipinski definition) is 7. The van der Waals surface area contributed by atoms with Crippen LogP contribution in [-0.4, -0.2) is 46.2 Å². The van der Waals surface area contributed by atoms with Gasteiger partial charge in [0.1, 0.15) is 12.1 Å². The van der Waals surface area contributed by atoms with Crippen molar-refractivity contribution >= 4 is 23.5 Å². The SMILES string of the molecule is COCCn1cccc(-c2ccc3c(c2)C2=C(CCO3)SN(c3ncnn3C(C)C)C2)c1=O. The third-order valence-corrected chi connectivity index (χ3v) is 7.07. The summed E-state index contributed by atoms with van der Waals surface area (Å²) in [6.45, 7) is 6.55. The molecule has 2 aliphatic heterocycles. The van der Waals surface area contributed by atoms with E-state index in [1.165, 1.54) is 10.5 Å². The molecule has 2 aliphatic rings. The zero-order chi connectivity index (χ0) is 22.9. The smallest absolute Gasteiger partial charge is 0.258 e. The van der Waals surface area contributed by atoms with E-state index in [-0.39, 0.29) is 11.6 Å². The maximum atomic E-state index is 13.1. The Morgan fingerprint density at radius 3 is 2.94 bits per heavy atom. The number of aromatic nitrogens is 4. The molecule has 0 atom stereocenters. The Morgan fingerprint density at radius 1 is 1.24 bits per heavy atom. The second-order valence-electron chi connectivity index (χ2n) is 8.35. The van der Waals surface area contributed by atoms with Crippen molar-refractivity contribution in [2.24, 2.45) is 0 Å². The Kier molecular flexibility index (Phi) is 5.99. The normalized spacial score (nSPS) is 15.5. The first-order chi connectivity index (χ1) is 16.1. The van der Waals surface area contributed by atoms with Crippen LogP contribution in [0, 0.1) is 0 Å². The number of fused-ring (bicyclic) bond motifs is 2. The summed E-state index contributed by atoms with van der Waals surface area (Å²) in [4.78, 5) is 18.9. The van der Waals surface area contributed by atoms with Crippen LogP contribution in [0.4, 0.5) is 5.95 Å². The topological polar surface area (TPSA) is 74.4 Å². The van der Waals surface area contributed by atoms with Crippen molar-refractivity contribution < 1.29 is 9.47 Å². The van der Waals surface area contributed by atoms with Gasteiger partial charge in [-0.1, -0.05) is 6.07 Å². The van der Waals surface area contributed by atoms with E-state index in [0.717, 1.165) is 29.2 Å². The molecule has 4 heterocycles. The molecule has 3 aromatic rings. The summed E-state index contributed by atoms with van der Waals surface area (Å²) in [5.74, 6) is 1.71. The Morgan fingerprint density at radius 2 is 2.12 bits per heavy atom. The van der Waals surface area contributed by atoms with Crippen molar-refractivity contribution in [1.29, 1.82) is 0 Å². The molecule has 1 aromatic carbocycles. The minimum Gasteiger partial charge on any atom is -0.493 e. The predicted octanol–water partition coefficient (Wildman–Crippen LogP) is 4.00. The fourth-order valence-electron chi connectivity index (χ4n) is 4.22. The zero-order valence-electron chi connectivity index (χ0n) is 19.0. The average molecular weight is 466 g/mol. The lowest BCUT2D eigenvalue weighted by atomic mass is 9.98. The van der Waals surface area contributed by atoms with E-state index in [1.807, 2.05) is 28.9 Å². The van der Waals surface area contributed by atoms with Gasteiger partial charge in [0.05, 0.1) is 25.8 Å². The molecule has 0 N–H and O–H groups in total. The molecule has 0 aliphatic carbocycles. The first kappa shape index (κ1) is 21.8. The summed E-state index contributed by atoms with van der Waals surface area (Å²) >= 11 is 1.71. The second-order valence-corrected chi connectivity index (χ2v) is 9.47. The van der Waals surface area contributed by atoms with Gasteiger partial charge < -0.3 is 14.0 Å². The summed E-state index contributed by atoms with van der Waals surface area (Å²) in [5.41, 5.74) is 3.80. The van der Waals surface area contributed by atoms with Gasteiger partial charge in [-0.15, -0.1) is 0 Å². The summed E-state index contributed by atoms with van der Waals surface area (Å²) in [6.07, 6.45) is 4.25. The molecule has 5 rings (SSSR count). The number of rotatable bonds is 6. The largest absolute Gasteiger partial charge is 0.493 e. The Hall–Kier alpha value is -3.04. The van der Waals surface area contributed by atoms with Crippen LogP contribution < -0.4 is 14.6 Å². The van der Waals surface area contributed by atoms with Crippen LogP contribution in [-0.2, 0) is 11.3 Å². The molecule has 0 spiro atoms. The first-order valence-corrected chi connectivity index (χ1v) is 11.9. The highest BCUT2D eigenvalue weighted by Gasteiger charge is 2.31. The van der Waals surface area contributed by atoms with Crippen molar-refractivity contribution in [1.82, 2.24) is 19.3 Å². The monoisotopic (exact) mass is 465 g/mol. The Labute approximate surface area is 197 Å². The van der Waals surface area contributed by atoms with Gasteiger partial charge in [0.15, 0.2) is 0 Å². The molecule has 9 heteroatoms. The fraction of sp³-hybridized carbons (Fsp3) is 0.375. The standard InChI is InChI=1S/C24H27N5O3S/c1-16(2)29-24(25-15-26-29)28-14-20-19-13-17(6-7-21(19)32-11-8-22(20)33-28)18-5-4-9-27(23(18)30)10-12-31-3/h4-7,9,13,15-16H,8,10-12,14H2,1-3H3. The molecule has 0 bridgehead atoms. The highest BCUT2D eigenvalue weighted by atomic mass is 32.2. The lowest BCUT2D eigenvalue weighted by Crippen LogP contribution is -2.22. The predicted molar refractivity (Wildman–Crippen MR) is 130 cm³/mol. The van der Waals surface area contributed by atoms with Gasteiger partial charge in [0.2, 0.25) is 5.95 Å². The van der Waals surface area contributed by atoms with Gasteiger partial charge in [-0.05, 0) is 61.2 Å². The highest BCUT2D eigenvalue weighted by molar-refractivity contribution is 8.04. The van der Waals surface area contributed by atoms with E-state index in [2.05, 4.69) is 34.3 Å². The highest BCUT2D eigenvalue weighted by Crippen LogP contribution is 2.46. The van der Waals surface area contributed by atoms with Gasteiger partial charge in [-0.2, -0.15) is 10.1 Å². The van der Waals surface area contributed by atoms with E-state index in [1.54, 1.807) is 36.1 Å². The molecule has 33 heavy (non-hydrogen) atoms. The molecule has 0 saturated heterocycles. The average Bonchev–Trinajstić information content (AvgIpc) is 3.43. The summed E-state index contributed by atoms with van der Waals surface area (Å²) in [5, 5.41) is 4.39. The fourth-order valence-corrected chi connectivity index (χ4v) is 5.35. The van der Waals surface area contributed by atoms with Crippen LogP contribution >= 0.6 is 11.9 Å². The van der Waals surface area contributed by atoms with Crippen LogP contribution in [0.3, 0.4) is 0 Å². The van der Waals surface area contributed by atoms with Crippen LogP contribution in [0.25, 0.3) is 16.7 Å². The van der Waals surface area contributed by atoms with Crippen molar-refractivity contribution in [3.63, 3.8) is 0 Å². The van der Waals surface area contributed by atoms with E-state index in [9.17, 15) is 4.79 Å². The van der Waals surface area contributed by atoms with Gasteiger partial charge in [0.25, 0.3) is 5.56 Å². The maximum absolute atomic E-state index is 13.1. The maximum Gasteiger partial charge on any atom is 0.258 e. The van der Waals surface area contributed by atoms with E-state index < -0.39 is 0 Å². The Bertz CT molecular complexity index is 1260. The molecule has 0 saturated carbocycles. The van der Waals surface area contributed by atoms with Crippen LogP contribution in [0.1, 0.15) is 31.9 Å². The van der Waals surface area contributed by atoms with Crippen LogP contribution in [0.2, 0.25) is 0 Å². The first-order valence-electron chi connectivity index (χ1n) is 11.1. The molecular weight excluding hydrogens is 438 g/mol. The third kappa shape index (κ3) is 4.06. The van der Waals surface area contributed by atoms with Gasteiger partial charge in [-0.3, -0.25) is 9.10 Å². The summed E-state index contributed by atoms with van der Waals surface area (Å²) in [7, 11) is 1.64. The second kappa shape index (κ2) is 9.07. The molecular formula is C24H27N5O3S. The molecule has 2 aromatic heterocycles. The minimum absolute atomic E-state index is 0.0225. The lowest BCUT2D eigenvalue weighted by molar-refractivity contribution is 0.186. The van der Waals surface area contributed by atoms with Gasteiger partial charge in [-0.25, -0.2) is 4.68 Å². The quantitative estimate of drug-likeness (QED) is 0.510. The number of ether oxygens (including phenoxy) is 2. The van der Waals surface area contributed by atoms with Crippen LogP contribution in [0.15, 0.2) is 52.6 Å². The van der Waals surface area contributed by atoms with Gasteiger partial charge >= 0.3 is 0 Å². The molecule has 0 fully saturated rings. The van der Waals surface area contributed by atoms with Gasteiger partial charge in [0, 0.05) is 42.3 Å². The lowest BCUT2D eigenvalue weighted by Gasteiger charge is -2.20. The van der Waals surface area contributed by atoms with Crippen molar-refractivity contribution in [3.05, 3.63) is 63.7 Å². The van der Waals surface area contributed by atoms with E-state index in [0.29, 0.717) is 31.9 Å². The molecule has 172 valence electrons. The molecule has 0 unspecified atom stereocenters. The Balaban J connectivity index is 1.51. The van der Waals surface area contributed by atoms with Crippen molar-refractivity contribution in [2.75, 3.05) is 31.2 Å².